The first kappa shape index (κ1) is 8.58. The Labute approximate surface area is 69.6 Å². The summed E-state index contributed by atoms with van der Waals surface area (Å²) < 4.78 is 4.92. The molecule has 0 fully saturated rings. The van der Waals surface area contributed by atoms with Crippen LogP contribution in [-0.4, -0.2) is 29.1 Å². The third kappa shape index (κ3) is 1.55. The molecule has 1 aromatic heterocycles. The number of rotatable bonds is 3. The van der Waals surface area contributed by atoms with Crippen molar-refractivity contribution in [3.05, 3.63) is 12.5 Å². The molecule has 5 heteroatoms. The molecule has 0 radical (unpaired) electrons. The van der Waals surface area contributed by atoms with Crippen molar-refractivity contribution in [3.8, 4) is 0 Å². The van der Waals surface area contributed by atoms with Crippen molar-refractivity contribution < 1.29 is 14.3 Å². The van der Waals surface area contributed by atoms with Gasteiger partial charge in [0.05, 0.1) is 6.20 Å². The summed E-state index contributed by atoms with van der Waals surface area (Å²) in [6.07, 6.45) is 2.88. The van der Waals surface area contributed by atoms with Crippen LogP contribution in [0.15, 0.2) is 16.9 Å². The van der Waals surface area contributed by atoms with Gasteiger partial charge in [-0.2, -0.15) is 0 Å². The van der Waals surface area contributed by atoms with Gasteiger partial charge in [-0.3, -0.25) is 0 Å². The van der Waals surface area contributed by atoms with Gasteiger partial charge >= 0.3 is 5.97 Å². The van der Waals surface area contributed by atoms with Gasteiger partial charge in [-0.1, -0.05) is 0 Å². The molecule has 0 aliphatic carbocycles. The van der Waals surface area contributed by atoms with E-state index in [2.05, 4.69) is 4.98 Å². The van der Waals surface area contributed by atoms with Crippen LogP contribution in [-0.2, 0) is 4.79 Å². The van der Waals surface area contributed by atoms with Crippen LogP contribution >= 0.6 is 0 Å². The van der Waals surface area contributed by atoms with Crippen LogP contribution in [0.5, 0.6) is 0 Å². The van der Waals surface area contributed by atoms with Crippen LogP contribution in [0.4, 0.5) is 6.01 Å². The van der Waals surface area contributed by atoms with E-state index in [0.29, 0.717) is 6.01 Å². The van der Waals surface area contributed by atoms with Gasteiger partial charge in [0.25, 0.3) is 6.01 Å². The Balaban J connectivity index is 2.71. The van der Waals surface area contributed by atoms with Crippen molar-refractivity contribution >= 4 is 12.0 Å². The van der Waals surface area contributed by atoms with Gasteiger partial charge in [0.2, 0.25) is 0 Å². The Morgan fingerprint density at radius 3 is 2.92 bits per heavy atom. The lowest BCUT2D eigenvalue weighted by molar-refractivity contribution is -0.138. The highest BCUT2D eigenvalue weighted by molar-refractivity contribution is 5.76. The fraction of sp³-hybridized carbons (Fsp3) is 0.429. The topological polar surface area (TPSA) is 66.6 Å². The number of anilines is 1. The number of carboxylic acids is 1. The smallest absolute Gasteiger partial charge is 0.326 e. The second kappa shape index (κ2) is 3.25. The largest absolute Gasteiger partial charge is 0.480 e. The first-order valence-corrected chi connectivity index (χ1v) is 3.48. The van der Waals surface area contributed by atoms with Crippen LogP contribution < -0.4 is 4.90 Å². The van der Waals surface area contributed by atoms with E-state index in [9.17, 15) is 4.79 Å². The SMILES string of the molecule is CC(C(=O)O)N(C)c1ncco1. The summed E-state index contributed by atoms with van der Waals surface area (Å²) in [6, 6.07) is -0.325. The summed E-state index contributed by atoms with van der Waals surface area (Å²) in [6.45, 7) is 1.56. The van der Waals surface area contributed by atoms with Crippen molar-refractivity contribution in [1.82, 2.24) is 4.98 Å². The molecular weight excluding hydrogens is 160 g/mol. The fourth-order valence-corrected chi connectivity index (χ4v) is 0.721. The number of carboxylic acid groups (broad SMARTS) is 1. The van der Waals surface area contributed by atoms with Gasteiger partial charge in [0.15, 0.2) is 0 Å². The van der Waals surface area contributed by atoms with Crippen molar-refractivity contribution in [3.63, 3.8) is 0 Å². The average molecular weight is 170 g/mol. The van der Waals surface area contributed by atoms with Gasteiger partial charge < -0.3 is 14.4 Å². The second-order valence-electron chi connectivity index (χ2n) is 2.44. The molecular formula is C7H10N2O3. The lowest BCUT2D eigenvalue weighted by Crippen LogP contribution is -2.35. The first-order valence-electron chi connectivity index (χ1n) is 3.48. The molecule has 1 atom stereocenters. The number of carbonyl (C=O) groups is 1. The highest BCUT2D eigenvalue weighted by Crippen LogP contribution is 2.10. The standard InChI is InChI=1S/C7H10N2O3/c1-5(6(10)11)9(2)7-8-3-4-12-7/h3-5H,1-2H3,(H,10,11). The third-order valence-electron chi connectivity index (χ3n) is 1.66. The van der Waals surface area contributed by atoms with E-state index in [4.69, 9.17) is 9.52 Å². The van der Waals surface area contributed by atoms with Crippen molar-refractivity contribution in [2.24, 2.45) is 0 Å². The zero-order valence-corrected chi connectivity index (χ0v) is 6.89. The third-order valence-corrected chi connectivity index (χ3v) is 1.66. The molecule has 0 aliphatic heterocycles. The summed E-state index contributed by atoms with van der Waals surface area (Å²) in [7, 11) is 1.62. The maximum absolute atomic E-state index is 10.5. The van der Waals surface area contributed by atoms with E-state index in [1.807, 2.05) is 0 Å². The maximum atomic E-state index is 10.5. The van der Waals surface area contributed by atoms with Crippen LogP contribution in [0.1, 0.15) is 6.92 Å². The molecule has 0 aromatic carbocycles. The lowest BCUT2D eigenvalue weighted by Gasteiger charge is -2.18. The minimum absolute atomic E-state index is 0.310. The maximum Gasteiger partial charge on any atom is 0.326 e. The predicted molar refractivity (Wildman–Crippen MR) is 42.0 cm³/mol. The van der Waals surface area contributed by atoms with Gasteiger partial charge in [-0.15, -0.1) is 0 Å². The second-order valence-corrected chi connectivity index (χ2v) is 2.44. The monoisotopic (exact) mass is 170 g/mol. The zero-order chi connectivity index (χ0) is 9.14. The number of hydrogen-bond donors (Lipinski definition) is 1. The molecule has 0 amide bonds. The fourth-order valence-electron chi connectivity index (χ4n) is 0.721. The van der Waals surface area contributed by atoms with E-state index < -0.39 is 12.0 Å². The summed E-state index contributed by atoms with van der Waals surface area (Å²) >= 11 is 0. The van der Waals surface area contributed by atoms with Crippen molar-refractivity contribution in [1.29, 1.82) is 0 Å². The minimum atomic E-state index is -0.907. The van der Waals surface area contributed by atoms with Crippen LogP contribution in [0.2, 0.25) is 0 Å². The molecule has 0 spiro atoms. The predicted octanol–water partition coefficient (Wildman–Crippen LogP) is 0.584. The quantitative estimate of drug-likeness (QED) is 0.718. The van der Waals surface area contributed by atoms with E-state index in [-0.39, 0.29) is 0 Å². The molecule has 1 rings (SSSR count). The average Bonchev–Trinajstić information content (AvgIpc) is 2.53. The molecule has 0 aliphatic rings. The van der Waals surface area contributed by atoms with Gasteiger partial charge in [0.1, 0.15) is 12.3 Å². The molecule has 0 saturated carbocycles. The number of hydrogen-bond acceptors (Lipinski definition) is 4. The number of likely N-dealkylation sites (N-methyl/N-ethyl adjacent to an activating group) is 1. The molecule has 1 unspecified atom stereocenters. The van der Waals surface area contributed by atoms with Crippen molar-refractivity contribution in [2.45, 2.75) is 13.0 Å². The molecule has 0 saturated heterocycles. The van der Waals surface area contributed by atoms with Crippen LogP contribution in [0.25, 0.3) is 0 Å². The Morgan fingerprint density at radius 2 is 2.50 bits per heavy atom. The van der Waals surface area contributed by atoms with Crippen LogP contribution in [0.3, 0.4) is 0 Å². The summed E-state index contributed by atoms with van der Waals surface area (Å²) in [4.78, 5) is 15.8. The Bertz CT molecular complexity index is 258. The molecule has 1 N–H and O–H groups in total. The summed E-state index contributed by atoms with van der Waals surface area (Å²) in [5.74, 6) is -0.907. The lowest BCUT2D eigenvalue weighted by atomic mass is 10.3. The van der Waals surface area contributed by atoms with E-state index in [1.54, 1.807) is 14.0 Å². The molecule has 0 bridgehead atoms. The highest BCUT2D eigenvalue weighted by Gasteiger charge is 2.19. The Morgan fingerprint density at radius 1 is 1.83 bits per heavy atom. The molecule has 12 heavy (non-hydrogen) atoms. The highest BCUT2D eigenvalue weighted by atomic mass is 16.4. The van der Waals surface area contributed by atoms with Gasteiger partial charge in [0, 0.05) is 7.05 Å². The molecule has 5 nitrogen and oxygen atoms in total. The normalized spacial score (nSPS) is 12.5. The van der Waals surface area contributed by atoms with Crippen LogP contribution in [0, 0.1) is 0 Å². The number of aliphatic carboxylic acids is 1. The number of oxazole rings is 1. The minimum Gasteiger partial charge on any atom is -0.480 e. The van der Waals surface area contributed by atoms with E-state index >= 15 is 0 Å². The first-order chi connectivity index (χ1) is 5.63. The molecule has 66 valence electrons. The van der Waals surface area contributed by atoms with Gasteiger partial charge in [-0.25, -0.2) is 9.78 Å². The number of aromatic nitrogens is 1. The Kier molecular flexibility index (Phi) is 2.32. The summed E-state index contributed by atoms with van der Waals surface area (Å²) in [5, 5.41) is 8.64. The summed E-state index contributed by atoms with van der Waals surface area (Å²) in [5.41, 5.74) is 0. The number of nitrogens with zero attached hydrogens (tertiary/aromatic N) is 2. The zero-order valence-electron chi connectivity index (χ0n) is 6.89. The van der Waals surface area contributed by atoms with Gasteiger partial charge in [-0.05, 0) is 6.92 Å². The van der Waals surface area contributed by atoms with Crippen molar-refractivity contribution in [2.75, 3.05) is 11.9 Å². The molecule has 1 heterocycles. The molecule has 1 aromatic rings. The van der Waals surface area contributed by atoms with E-state index in [0.717, 1.165) is 0 Å². The van der Waals surface area contributed by atoms with E-state index in [1.165, 1.54) is 17.4 Å². The Hall–Kier alpha value is -1.52.